The SMILES string of the molecule is CCNC(=O)CN(CC)C(=O)C1CC(=O)N(c2cccc3ccccc23)C1. The van der Waals surface area contributed by atoms with Crippen LogP contribution in [0.15, 0.2) is 42.5 Å². The number of nitrogens with one attached hydrogen (secondary N) is 1. The van der Waals surface area contributed by atoms with Crippen molar-refractivity contribution in [2.75, 3.05) is 31.1 Å². The fourth-order valence-electron chi connectivity index (χ4n) is 3.58. The number of nitrogens with zero attached hydrogens (tertiary/aromatic N) is 2. The fourth-order valence-corrected chi connectivity index (χ4v) is 3.58. The first kappa shape index (κ1) is 18.9. The zero-order chi connectivity index (χ0) is 19.4. The molecular formula is C21H25N3O3. The molecule has 2 aromatic rings. The summed E-state index contributed by atoms with van der Waals surface area (Å²) in [4.78, 5) is 40.6. The van der Waals surface area contributed by atoms with E-state index in [4.69, 9.17) is 0 Å². The Hall–Kier alpha value is -2.89. The van der Waals surface area contributed by atoms with E-state index in [0.29, 0.717) is 19.6 Å². The Balaban J connectivity index is 1.78. The number of amides is 3. The van der Waals surface area contributed by atoms with Crippen LogP contribution in [0.3, 0.4) is 0 Å². The largest absolute Gasteiger partial charge is 0.355 e. The average molecular weight is 367 g/mol. The standard InChI is InChI=1S/C21H25N3O3/c1-3-22-19(25)14-23(4-2)21(27)16-12-20(26)24(13-16)18-11-7-9-15-8-5-6-10-17(15)18/h5-11,16H,3-4,12-14H2,1-2H3,(H,22,25). The van der Waals surface area contributed by atoms with Gasteiger partial charge in [0.05, 0.1) is 18.2 Å². The van der Waals surface area contributed by atoms with Gasteiger partial charge in [-0.25, -0.2) is 0 Å². The highest BCUT2D eigenvalue weighted by Gasteiger charge is 2.37. The Kier molecular flexibility index (Phi) is 5.74. The Morgan fingerprint density at radius 1 is 1.15 bits per heavy atom. The molecule has 6 nitrogen and oxygen atoms in total. The van der Waals surface area contributed by atoms with E-state index in [-0.39, 0.29) is 30.7 Å². The van der Waals surface area contributed by atoms with Crippen LogP contribution in [-0.4, -0.2) is 48.8 Å². The molecule has 6 heteroatoms. The van der Waals surface area contributed by atoms with Gasteiger partial charge < -0.3 is 15.1 Å². The minimum atomic E-state index is -0.425. The van der Waals surface area contributed by atoms with Crippen molar-refractivity contribution in [1.29, 1.82) is 0 Å². The van der Waals surface area contributed by atoms with E-state index < -0.39 is 5.92 Å². The first-order valence-electron chi connectivity index (χ1n) is 9.38. The molecular weight excluding hydrogens is 342 g/mol. The minimum Gasteiger partial charge on any atom is -0.355 e. The summed E-state index contributed by atoms with van der Waals surface area (Å²) in [5.41, 5.74) is 0.833. The van der Waals surface area contributed by atoms with Crippen LogP contribution < -0.4 is 10.2 Å². The molecule has 0 saturated carbocycles. The molecule has 1 aliphatic rings. The number of fused-ring (bicyclic) bond motifs is 1. The van der Waals surface area contributed by atoms with Crippen molar-refractivity contribution >= 4 is 34.2 Å². The van der Waals surface area contributed by atoms with Crippen LogP contribution >= 0.6 is 0 Å². The molecule has 1 atom stereocenters. The molecule has 1 aliphatic heterocycles. The van der Waals surface area contributed by atoms with Gasteiger partial charge in [-0.15, -0.1) is 0 Å². The number of benzene rings is 2. The Morgan fingerprint density at radius 3 is 2.63 bits per heavy atom. The van der Waals surface area contributed by atoms with Gasteiger partial charge in [-0.05, 0) is 25.3 Å². The molecule has 142 valence electrons. The monoisotopic (exact) mass is 367 g/mol. The predicted octanol–water partition coefficient (Wildman–Crippen LogP) is 2.18. The van der Waals surface area contributed by atoms with Crippen LogP contribution in [0, 0.1) is 5.92 Å². The minimum absolute atomic E-state index is 0.0299. The van der Waals surface area contributed by atoms with Crippen LogP contribution in [-0.2, 0) is 14.4 Å². The lowest BCUT2D eigenvalue weighted by atomic mass is 10.1. The molecule has 1 fully saturated rings. The topological polar surface area (TPSA) is 69.7 Å². The van der Waals surface area contributed by atoms with Gasteiger partial charge in [0.1, 0.15) is 0 Å². The van der Waals surface area contributed by atoms with E-state index in [1.807, 2.05) is 56.3 Å². The van der Waals surface area contributed by atoms with Crippen LogP contribution in [0.1, 0.15) is 20.3 Å². The maximum Gasteiger partial charge on any atom is 0.239 e. The second-order valence-corrected chi connectivity index (χ2v) is 6.71. The van der Waals surface area contributed by atoms with Gasteiger partial charge >= 0.3 is 0 Å². The highest BCUT2D eigenvalue weighted by atomic mass is 16.2. The lowest BCUT2D eigenvalue weighted by Crippen LogP contribution is -2.43. The van der Waals surface area contributed by atoms with Gasteiger partial charge in [0.25, 0.3) is 0 Å². The normalized spacial score (nSPS) is 16.6. The third-order valence-corrected chi connectivity index (χ3v) is 4.93. The molecule has 27 heavy (non-hydrogen) atoms. The maximum absolute atomic E-state index is 12.9. The van der Waals surface area contributed by atoms with Gasteiger partial charge in [-0.3, -0.25) is 14.4 Å². The first-order chi connectivity index (χ1) is 13.0. The van der Waals surface area contributed by atoms with Gasteiger partial charge in [-0.2, -0.15) is 0 Å². The second kappa shape index (κ2) is 8.20. The van der Waals surface area contributed by atoms with Gasteiger partial charge in [-0.1, -0.05) is 36.4 Å². The number of anilines is 1. The first-order valence-corrected chi connectivity index (χ1v) is 9.38. The molecule has 0 spiro atoms. The van der Waals surface area contributed by atoms with E-state index in [2.05, 4.69) is 5.32 Å². The van der Waals surface area contributed by atoms with Crippen LogP contribution in [0.2, 0.25) is 0 Å². The molecule has 0 aromatic heterocycles. The van der Waals surface area contributed by atoms with Gasteiger partial charge in [0.15, 0.2) is 0 Å². The number of hydrogen-bond acceptors (Lipinski definition) is 3. The zero-order valence-electron chi connectivity index (χ0n) is 15.8. The fraction of sp³-hybridized carbons (Fsp3) is 0.381. The van der Waals surface area contributed by atoms with Crippen LogP contribution in [0.5, 0.6) is 0 Å². The molecule has 0 bridgehead atoms. The van der Waals surface area contributed by atoms with E-state index in [1.165, 1.54) is 4.90 Å². The van der Waals surface area contributed by atoms with Gasteiger partial charge in [0.2, 0.25) is 17.7 Å². The molecule has 1 saturated heterocycles. The van der Waals surface area contributed by atoms with E-state index >= 15 is 0 Å². The molecule has 3 rings (SSSR count). The van der Waals surface area contributed by atoms with Crippen molar-refractivity contribution in [3.05, 3.63) is 42.5 Å². The number of carbonyl (C=O) groups excluding carboxylic acids is 3. The van der Waals surface area contributed by atoms with Crippen molar-refractivity contribution in [3.8, 4) is 0 Å². The second-order valence-electron chi connectivity index (χ2n) is 6.71. The molecule has 0 aliphatic carbocycles. The van der Waals surface area contributed by atoms with Gasteiger partial charge in [0, 0.05) is 31.4 Å². The summed E-state index contributed by atoms with van der Waals surface area (Å²) in [6.45, 7) is 5.03. The van der Waals surface area contributed by atoms with E-state index in [0.717, 1.165) is 16.5 Å². The summed E-state index contributed by atoms with van der Waals surface area (Å²) in [5, 5.41) is 4.76. The summed E-state index contributed by atoms with van der Waals surface area (Å²) in [6, 6.07) is 13.7. The van der Waals surface area contributed by atoms with E-state index in [1.54, 1.807) is 4.90 Å². The summed E-state index contributed by atoms with van der Waals surface area (Å²) < 4.78 is 0. The Labute approximate surface area is 159 Å². The van der Waals surface area contributed by atoms with Crippen molar-refractivity contribution in [2.45, 2.75) is 20.3 Å². The number of hydrogen-bond donors (Lipinski definition) is 1. The molecule has 1 heterocycles. The molecule has 2 aromatic carbocycles. The van der Waals surface area contributed by atoms with E-state index in [9.17, 15) is 14.4 Å². The van der Waals surface area contributed by atoms with Crippen LogP contribution in [0.4, 0.5) is 5.69 Å². The summed E-state index contributed by atoms with van der Waals surface area (Å²) in [7, 11) is 0. The summed E-state index contributed by atoms with van der Waals surface area (Å²) in [6.07, 6.45) is 0.175. The lowest BCUT2D eigenvalue weighted by molar-refractivity contribution is -0.139. The number of carbonyl (C=O) groups is 3. The number of likely N-dealkylation sites (N-methyl/N-ethyl adjacent to an activating group) is 2. The molecule has 3 amide bonds. The smallest absolute Gasteiger partial charge is 0.239 e. The Morgan fingerprint density at radius 2 is 1.89 bits per heavy atom. The van der Waals surface area contributed by atoms with Crippen molar-refractivity contribution in [3.63, 3.8) is 0 Å². The maximum atomic E-state index is 12.9. The third kappa shape index (κ3) is 3.94. The number of rotatable bonds is 6. The van der Waals surface area contributed by atoms with Crippen LogP contribution in [0.25, 0.3) is 10.8 Å². The zero-order valence-corrected chi connectivity index (χ0v) is 15.8. The Bertz CT molecular complexity index is 859. The summed E-state index contributed by atoms with van der Waals surface area (Å²) in [5.74, 6) is -0.799. The molecule has 1 unspecified atom stereocenters. The predicted molar refractivity (Wildman–Crippen MR) is 105 cm³/mol. The molecule has 1 N–H and O–H groups in total. The van der Waals surface area contributed by atoms with Crippen molar-refractivity contribution < 1.29 is 14.4 Å². The lowest BCUT2D eigenvalue weighted by Gasteiger charge is -2.24. The van der Waals surface area contributed by atoms with Crippen molar-refractivity contribution in [2.24, 2.45) is 5.92 Å². The quantitative estimate of drug-likeness (QED) is 0.851. The molecule has 0 radical (unpaired) electrons. The summed E-state index contributed by atoms with van der Waals surface area (Å²) >= 11 is 0. The highest BCUT2D eigenvalue weighted by molar-refractivity contribution is 6.07. The third-order valence-electron chi connectivity index (χ3n) is 4.93. The average Bonchev–Trinajstić information content (AvgIpc) is 3.07. The highest BCUT2D eigenvalue weighted by Crippen LogP contribution is 2.32. The van der Waals surface area contributed by atoms with Crippen molar-refractivity contribution in [1.82, 2.24) is 10.2 Å².